The average molecular weight is 483 g/mol. The molecular weight excluding hydrogens is 452 g/mol. The summed E-state index contributed by atoms with van der Waals surface area (Å²) in [6.45, 7) is 11.9. The zero-order chi connectivity index (χ0) is 26.1. The lowest BCUT2D eigenvalue weighted by Crippen LogP contribution is -2.26. The Morgan fingerprint density at radius 2 is 1.72 bits per heavy atom. The van der Waals surface area contributed by atoms with Crippen LogP contribution >= 0.6 is 0 Å². The topological polar surface area (TPSA) is 105 Å². The summed E-state index contributed by atoms with van der Waals surface area (Å²) in [6, 6.07) is 15.2. The van der Waals surface area contributed by atoms with Gasteiger partial charge >= 0.3 is 6.09 Å². The van der Waals surface area contributed by atoms with Crippen LogP contribution in [0.15, 0.2) is 61.1 Å². The van der Waals surface area contributed by atoms with Gasteiger partial charge < -0.3 is 15.4 Å². The van der Waals surface area contributed by atoms with Crippen LogP contribution in [0.3, 0.4) is 0 Å². The Balaban J connectivity index is 1.62. The summed E-state index contributed by atoms with van der Waals surface area (Å²) in [7, 11) is 0. The van der Waals surface area contributed by atoms with E-state index in [9.17, 15) is 10.1 Å². The van der Waals surface area contributed by atoms with Crippen LogP contribution in [-0.2, 0) is 10.2 Å². The monoisotopic (exact) mass is 482 g/mol. The summed E-state index contributed by atoms with van der Waals surface area (Å²) < 4.78 is 7.00. The standard InChI is InChI=1S/C28H30N6O2/c1-27(2,3)19-11-23(17-30-16-19)31-21-12-22(15-29)33-25(14-21)32-20-8-7-18-9-10-34(24(18)13-20)26(35)36-28(4,5)6/h7-14,16-17H,1-6H3,(H2,31,32,33). The van der Waals surface area contributed by atoms with Crippen molar-refractivity contribution in [2.75, 3.05) is 10.6 Å². The first-order valence-corrected chi connectivity index (χ1v) is 11.7. The van der Waals surface area contributed by atoms with E-state index in [-0.39, 0.29) is 11.1 Å². The first-order valence-electron chi connectivity index (χ1n) is 11.7. The van der Waals surface area contributed by atoms with Gasteiger partial charge in [0.1, 0.15) is 23.2 Å². The van der Waals surface area contributed by atoms with Crippen molar-refractivity contribution >= 4 is 39.9 Å². The van der Waals surface area contributed by atoms with Gasteiger partial charge in [0, 0.05) is 35.2 Å². The molecular formula is C28H30N6O2. The maximum Gasteiger partial charge on any atom is 0.418 e. The minimum absolute atomic E-state index is 0.0386. The molecule has 0 fully saturated rings. The van der Waals surface area contributed by atoms with Crippen LogP contribution in [0.2, 0.25) is 0 Å². The minimum atomic E-state index is -0.601. The fourth-order valence-corrected chi connectivity index (χ4v) is 3.63. The van der Waals surface area contributed by atoms with E-state index in [1.807, 2.05) is 63.4 Å². The highest BCUT2D eigenvalue weighted by Crippen LogP contribution is 2.28. The quantitative estimate of drug-likeness (QED) is 0.327. The molecule has 4 rings (SSSR count). The SMILES string of the molecule is CC(C)(C)OC(=O)n1ccc2ccc(Nc3cc(Nc4cncc(C(C)(C)C)c4)cc(C#N)n3)cc21. The molecule has 0 amide bonds. The van der Waals surface area contributed by atoms with Crippen molar-refractivity contribution in [1.29, 1.82) is 5.26 Å². The number of hydrogen-bond donors (Lipinski definition) is 2. The van der Waals surface area contributed by atoms with Crippen LogP contribution < -0.4 is 10.6 Å². The highest BCUT2D eigenvalue weighted by Gasteiger charge is 2.19. The molecule has 8 heteroatoms. The number of nitrogens with zero attached hydrogens (tertiary/aromatic N) is 4. The van der Waals surface area contributed by atoms with E-state index in [1.165, 1.54) is 4.57 Å². The van der Waals surface area contributed by atoms with Crippen LogP contribution in [0.5, 0.6) is 0 Å². The van der Waals surface area contributed by atoms with Gasteiger partial charge in [-0.15, -0.1) is 0 Å². The number of nitriles is 1. The lowest BCUT2D eigenvalue weighted by Gasteiger charge is -2.20. The van der Waals surface area contributed by atoms with E-state index >= 15 is 0 Å². The lowest BCUT2D eigenvalue weighted by atomic mass is 9.88. The molecule has 0 radical (unpaired) electrons. The van der Waals surface area contributed by atoms with Crippen molar-refractivity contribution in [2.24, 2.45) is 0 Å². The van der Waals surface area contributed by atoms with Crippen LogP contribution in [-0.4, -0.2) is 26.2 Å². The number of anilines is 4. The van der Waals surface area contributed by atoms with Crippen molar-refractivity contribution in [3.63, 3.8) is 0 Å². The van der Waals surface area contributed by atoms with Gasteiger partial charge in [0.15, 0.2) is 0 Å². The van der Waals surface area contributed by atoms with Gasteiger partial charge in [-0.25, -0.2) is 9.78 Å². The molecule has 0 saturated heterocycles. The molecule has 2 N–H and O–H groups in total. The smallest absolute Gasteiger partial charge is 0.418 e. The molecule has 0 saturated carbocycles. The van der Waals surface area contributed by atoms with E-state index in [2.05, 4.69) is 47.4 Å². The molecule has 0 atom stereocenters. The second kappa shape index (κ2) is 9.34. The number of benzene rings is 1. The molecule has 0 spiro atoms. The molecule has 36 heavy (non-hydrogen) atoms. The molecule has 1 aromatic carbocycles. The molecule has 8 nitrogen and oxygen atoms in total. The fraction of sp³-hybridized carbons (Fsp3) is 0.286. The number of ether oxygens (including phenoxy) is 1. The molecule has 4 aromatic rings. The number of hydrogen-bond acceptors (Lipinski definition) is 7. The molecule has 3 aromatic heterocycles. The fourth-order valence-electron chi connectivity index (χ4n) is 3.63. The van der Waals surface area contributed by atoms with Crippen LogP contribution in [0.1, 0.15) is 52.8 Å². The maximum atomic E-state index is 12.7. The number of carbonyl (C=O) groups is 1. The van der Waals surface area contributed by atoms with Crippen molar-refractivity contribution in [3.05, 3.63) is 72.3 Å². The Morgan fingerprint density at radius 3 is 2.42 bits per heavy atom. The van der Waals surface area contributed by atoms with Gasteiger partial charge in [0.2, 0.25) is 0 Å². The minimum Gasteiger partial charge on any atom is -0.443 e. The summed E-state index contributed by atoms with van der Waals surface area (Å²) in [5.74, 6) is 0.492. The van der Waals surface area contributed by atoms with Gasteiger partial charge in [0.05, 0.1) is 17.4 Å². The highest BCUT2D eigenvalue weighted by atomic mass is 16.6. The van der Waals surface area contributed by atoms with E-state index < -0.39 is 11.7 Å². The number of rotatable bonds is 4. The molecule has 3 heterocycles. The predicted molar refractivity (Wildman–Crippen MR) is 142 cm³/mol. The zero-order valence-electron chi connectivity index (χ0n) is 21.4. The summed E-state index contributed by atoms with van der Waals surface area (Å²) in [6.07, 6.45) is 4.85. The van der Waals surface area contributed by atoms with Crippen molar-refractivity contribution < 1.29 is 9.53 Å². The maximum absolute atomic E-state index is 12.7. The van der Waals surface area contributed by atoms with E-state index in [4.69, 9.17) is 4.74 Å². The van der Waals surface area contributed by atoms with E-state index in [0.29, 0.717) is 17.0 Å². The molecule has 0 aliphatic carbocycles. The first kappa shape index (κ1) is 24.7. The third kappa shape index (κ3) is 5.81. The third-order valence-corrected chi connectivity index (χ3v) is 5.39. The van der Waals surface area contributed by atoms with Crippen molar-refractivity contribution in [2.45, 2.75) is 52.6 Å². The van der Waals surface area contributed by atoms with Crippen LogP contribution in [0.25, 0.3) is 10.9 Å². The lowest BCUT2D eigenvalue weighted by molar-refractivity contribution is 0.0544. The molecule has 0 aliphatic rings. The summed E-state index contributed by atoms with van der Waals surface area (Å²) >= 11 is 0. The molecule has 0 unspecified atom stereocenters. The van der Waals surface area contributed by atoms with Gasteiger partial charge in [-0.05, 0) is 62.1 Å². The van der Waals surface area contributed by atoms with Crippen molar-refractivity contribution in [1.82, 2.24) is 14.5 Å². The van der Waals surface area contributed by atoms with Crippen molar-refractivity contribution in [3.8, 4) is 6.07 Å². The zero-order valence-corrected chi connectivity index (χ0v) is 21.4. The molecule has 184 valence electrons. The van der Waals surface area contributed by atoms with Gasteiger partial charge in [-0.1, -0.05) is 26.8 Å². The van der Waals surface area contributed by atoms with Gasteiger partial charge in [-0.2, -0.15) is 5.26 Å². The Bertz CT molecular complexity index is 1470. The molecule has 0 aliphatic heterocycles. The Labute approximate surface area is 211 Å². The summed E-state index contributed by atoms with van der Waals surface area (Å²) in [4.78, 5) is 21.4. The van der Waals surface area contributed by atoms with Gasteiger partial charge in [0.25, 0.3) is 0 Å². The second-order valence-corrected chi connectivity index (χ2v) is 10.6. The largest absolute Gasteiger partial charge is 0.443 e. The normalized spacial score (nSPS) is 11.7. The highest BCUT2D eigenvalue weighted by molar-refractivity contribution is 5.92. The van der Waals surface area contributed by atoms with Gasteiger partial charge in [-0.3, -0.25) is 9.55 Å². The number of aromatic nitrogens is 3. The van der Waals surface area contributed by atoms with E-state index in [1.54, 1.807) is 18.5 Å². The number of nitrogens with one attached hydrogen (secondary N) is 2. The number of pyridine rings is 2. The summed E-state index contributed by atoms with van der Waals surface area (Å²) in [5, 5.41) is 17.0. The Hall–Kier alpha value is -4.38. The number of fused-ring (bicyclic) bond motifs is 1. The van der Waals surface area contributed by atoms with Crippen LogP contribution in [0, 0.1) is 11.3 Å². The molecule has 0 bridgehead atoms. The second-order valence-electron chi connectivity index (χ2n) is 10.6. The average Bonchev–Trinajstić information content (AvgIpc) is 3.21. The first-order chi connectivity index (χ1) is 16.9. The van der Waals surface area contributed by atoms with Crippen LogP contribution in [0.4, 0.5) is 27.7 Å². The number of carbonyl (C=O) groups excluding carboxylic acids is 1. The summed E-state index contributed by atoms with van der Waals surface area (Å²) in [5.41, 5.74) is 3.67. The van der Waals surface area contributed by atoms with E-state index in [0.717, 1.165) is 22.3 Å². The third-order valence-electron chi connectivity index (χ3n) is 5.39. The Morgan fingerprint density at radius 1 is 0.944 bits per heavy atom. The predicted octanol–water partition coefficient (Wildman–Crippen LogP) is 6.87. The Kier molecular flexibility index (Phi) is 6.42.